The Morgan fingerprint density at radius 1 is 1.17 bits per heavy atom. The van der Waals surface area contributed by atoms with Crippen LogP contribution in [-0.4, -0.2) is 5.91 Å². The molecule has 1 amide bonds. The van der Waals surface area contributed by atoms with Crippen LogP contribution in [0.4, 0.5) is 5.69 Å². The van der Waals surface area contributed by atoms with Gasteiger partial charge in [-0.05, 0) is 43.2 Å². The number of amides is 1. The van der Waals surface area contributed by atoms with E-state index in [1.807, 2.05) is 32.0 Å². The summed E-state index contributed by atoms with van der Waals surface area (Å²) >= 11 is 0. The number of nitrogens with zero attached hydrogens (tertiary/aromatic N) is 1. The van der Waals surface area contributed by atoms with Crippen LogP contribution in [0.1, 0.15) is 21.6 Å². The van der Waals surface area contributed by atoms with E-state index in [0.717, 1.165) is 11.1 Å². The lowest BCUT2D eigenvalue weighted by molar-refractivity contribution is -0.607. The minimum atomic E-state index is -0.408. The van der Waals surface area contributed by atoms with E-state index in [9.17, 15) is 10.0 Å². The number of hydrogen-bond donors (Lipinski definition) is 1. The van der Waals surface area contributed by atoms with Crippen LogP contribution in [0.5, 0.6) is 0 Å². The number of aromatic nitrogens is 1. The molecular formula is C14H14N2O2. The Hall–Kier alpha value is -2.36. The quantitative estimate of drug-likeness (QED) is 0.648. The van der Waals surface area contributed by atoms with Crippen molar-refractivity contribution in [3.63, 3.8) is 0 Å². The van der Waals surface area contributed by atoms with Crippen LogP contribution in [-0.2, 0) is 0 Å². The maximum atomic E-state index is 11.9. The fourth-order valence-electron chi connectivity index (χ4n) is 1.62. The molecule has 0 fully saturated rings. The highest BCUT2D eigenvalue weighted by molar-refractivity contribution is 6.01. The van der Waals surface area contributed by atoms with Crippen LogP contribution in [0.25, 0.3) is 0 Å². The summed E-state index contributed by atoms with van der Waals surface area (Å²) in [7, 11) is 0. The zero-order valence-electron chi connectivity index (χ0n) is 10.3. The van der Waals surface area contributed by atoms with Crippen molar-refractivity contribution in [3.8, 4) is 0 Å². The van der Waals surface area contributed by atoms with E-state index in [2.05, 4.69) is 5.32 Å². The second kappa shape index (κ2) is 4.87. The smallest absolute Gasteiger partial charge is 0.321 e. The van der Waals surface area contributed by atoms with Crippen LogP contribution >= 0.6 is 0 Å². The van der Waals surface area contributed by atoms with Gasteiger partial charge < -0.3 is 10.5 Å². The maximum absolute atomic E-state index is 11.9. The van der Waals surface area contributed by atoms with Crippen molar-refractivity contribution in [2.75, 3.05) is 5.32 Å². The van der Waals surface area contributed by atoms with Crippen molar-refractivity contribution in [2.45, 2.75) is 13.8 Å². The lowest BCUT2D eigenvalue weighted by Crippen LogP contribution is -2.36. The third kappa shape index (κ3) is 2.48. The second-order valence-corrected chi connectivity index (χ2v) is 4.16. The zero-order chi connectivity index (χ0) is 13.1. The molecule has 2 aromatic rings. The van der Waals surface area contributed by atoms with E-state index in [4.69, 9.17) is 0 Å². The Morgan fingerprint density at radius 2 is 1.94 bits per heavy atom. The van der Waals surface area contributed by atoms with Gasteiger partial charge in [0, 0.05) is 17.8 Å². The summed E-state index contributed by atoms with van der Waals surface area (Å²) in [6, 6.07) is 10.4. The van der Waals surface area contributed by atoms with Crippen molar-refractivity contribution in [3.05, 3.63) is 64.6 Å². The number of benzene rings is 1. The molecule has 1 N–H and O–H groups in total. The molecule has 0 saturated carbocycles. The Morgan fingerprint density at radius 3 is 2.61 bits per heavy atom. The van der Waals surface area contributed by atoms with Gasteiger partial charge in [-0.3, -0.25) is 4.79 Å². The van der Waals surface area contributed by atoms with Crippen LogP contribution in [0.3, 0.4) is 0 Å². The summed E-state index contributed by atoms with van der Waals surface area (Å²) < 4.78 is 0.552. The number of pyridine rings is 1. The highest BCUT2D eigenvalue weighted by atomic mass is 16.5. The van der Waals surface area contributed by atoms with Crippen LogP contribution in [0, 0.1) is 19.1 Å². The van der Waals surface area contributed by atoms with Gasteiger partial charge in [-0.25, -0.2) is 0 Å². The molecule has 0 spiro atoms. The molecule has 92 valence electrons. The SMILES string of the molecule is Cc1ccc(NC(=O)c2cccc[n+]2[O-])cc1C. The Balaban J connectivity index is 2.22. The molecule has 0 radical (unpaired) electrons. The molecule has 0 aliphatic rings. The van der Waals surface area contributed by atoms with Gasteiger partial charge in [-0.15, -0.1) is 0 Å². The number of aryl methyl sites for hydroxylation is 2. The third-order valence-corrected chi connectivity index (χ3v) is 2.82. The van der Waals surface area contributed by atoms with E-state index < -0.39 is 5.91 Å². The molecule has 1 aromatic heterocycles. The molecule has 0 atom stereocenters. The first-order chi connectivity index (χ1) is 8.58. The molecule has 0 unspecified atom stereocenters. The van der Waals surface area contributed by atoms with Gasteiger partial charge in [-0.2, -0.15) is 4.73 Å². The van der Waals surface area contributed by atoms with Crippen LogP contribution in [0.15, 0.2) is 42.6 Å². The van der Waals surface area contributed by atoms with E-state index in [1.54, 1.807) is 12.1 Å². The van der Waals surface area contributed by atoms with Crippen LogP contribution in [0.2, 0.25) is 0 Å². The predicted molar refractivity (Wildman–Crippen MR) is 69.3 cm³/mol. The second-order valence-electron chi connectivity index (χ2n) is 4.16. The molecule has 18 heavy (non-hydrogen) atoms. The standard InChI is InChI=1S/C14H14N2O2/c1-10-6-7-12(9-11(10)2)15-14(17)13-5-3-4-8-16(13)18/h3-9H,1-2H3,(H,15,17). The number of rotatable bonds is 2. The Kier molecular flexibility index (Phi) is 3.28. The number of hydrogen-bond acceptors (Lipinski definition) is 2. The average Bonchev–Trinajstić information content (AvgIpc) is 2.34. The molecule has 2 rings (SSSR count). The first-order valence-corrected chi connectivity index (χ1v) is 5.65. The number of carbonyl (C=O) groups is 1. The van der Waals surface area contributed by atoms with Gasteiger partial charge in [-0.1, -0.05) is 6.07 Å². The first kappa shape index (κ1) is 12.1. The number of carbonyl (C=O) groups excluding carboxylic acids is 1. The van der Waals surface area contributed by atoms with E-state index >= 15 is 0 Å². The van der Waals surface area contributed by atoms with E-state index in [1.165, 1.54) is 12.3 Å². The monoisotopic (exact) mass is 242 g/mol. The predicted octanol–water partition coefficient (Wildman–Crippen LogP) is 2.19. The molecular weight excluding hydrogens is 228 g/mol. The van der Waals surface area contributed by atoms with Gasteiger partial charge in [0.15, 0.2) is 6.20 Å². The molecule has 0 aliphatic carbocycles. The lowest BCUT2D eigenvalue weighted by atomic mass is 10.1. The third-order valence-electron chi connectivity index (χ3n) is 2.82. The van der Waals surface area contributed by atoms with Gasteiger partial charge in [0.25, 0.3) is 5.69 Å². The molecule has 1 heterocycles. The van der Waals surface area contributed by atoms with Gasteiger partial charge in [0.2, 0.25) is 0 Å². The average molecular weight is 242 g/mol. The summed E-state index contributed by atoms with van der Waals surface area (Å²) in [5, 5.41) is 14.1. The number of anilines is 1. The number of nitrogens with one attached hydrogen (secondary N) is 1. The van der Waals surface area contributed by atoms with E-state index in [0.29, 0.717) is 10.4 Å². The summed E-state index contributed by atoms with van der Waals surface area (Å²) in [6.45, 7) is 3.98. The summed E-state index contributed by atoms with van der Waals surface area (Å²) in [5.41, 5.74) is 3.02. The maximum Gasteiger partial charge on any atom is 0.321 e. The van der Waals surface area contributed by atoms with Crippen molar-refractivity contribution in [1.82, 2.24) is 0 Å². The van der Waals surface area contributed by atoms with Gasteiger partial charge >= 0.3 is 5.91 Å². The normalized spacial score (nSPS) is 10.1. The summed E-state index contributed by atoms with van der Waals surface area (Å²) in [4.78, 5) is 11.9. The summed E-state index contributed by atoms with van der Waals surface area (Å²) in [6.07, 6.45) is 1.30. The van der Waals surface area contributed by atoms with Gasteiger partial charge in [0.1, 0.15) is 0 Å². The minimum Gasteiger partial charge on any atom is -0.618 e. The van der Waals surface area contributed by atoms with Crippen molar-refractivity contribution >= 4 is 11.6 Å². The molecule has 4 nitrogen and oxygen atoms in total. The zero-order valence-corrected chi connectivity index (χ0v) is 10.3. The highest BCUT2D eigenvalue weighted by Crippen LogP contribution is 2.14. The van der Waals surface area contributed by atoms with Crippen LogP contribution < -0.4 is 10.0 Å². The summed E-state index contributed by atoms with van der Waals surface area (Å²) in [5.74, 6) is -0.408. The lowest BCUT2D eigenvalue weighted by Gasteiger charge is -2.07. The van der Waals surface area contributed by atoms with E-state index in [-0.39, 0.29) is 5.69 Å². The Bertz CT molecular complexity index is 594. The fourth-order valence-corrected chi connectivity index (χ4v) is 1.62. The highest BCUT2D eigenvalue weighted by Gasteiger charge is 2.14. The Labute approximate surface area is 105 Å². The molecule has 1 aromatic carbocycles. The molecule has 0 saturated heterocycles. The first-order valence-electron chi connectivity index (χ1n) is 5.65. The largest absolute Gasteiger partial charge is 0.618 e. The topological polar surface area (TPSA) is 56.0 Å². The fraction of sp³-hybridized carbons (Fsp3) is 0.143. The van der Waals surface area contributed by atoms with Crippen molar-refractivity contribution in [2.24, 2.45) is 0 Å². The minimum absolute atomic E-state index is 0.0794. The molecule has 0 bridgehead atoms. The molecule has 4 heteroatoms. The van der Waals surface area contributed by atoms with Crippen molar-refractivity contribution < 1.29 is 9.52 Å². The molecule has 0 aliphatic heterocycles. The van der Waals surface area contributed by atoms with Crippen molar-refractivity contribution in [1.29, 1.82) is 0 Å². The van der Waals surface area contributed by atoms with Gasteiger partial charge in [0.05, 0.1) is 0 Å².